The zero-order chi connectivity index (χ0) is 18.1. The Morgan fingerprint density at radius 3 is 2.77 bits per heavy atom. The molecular weight excluding hydrogens is 331 g/mol. The molecule has 1 aliphatic rings. The van der Waals surface area contributed by atoms with Gasteiger partial charge in [-0.2, -0.15) is 4.98 Å². The number of benzene rings is 1. The third kappa shape index (κ3) is 3.61. The molecule has 2 N–H and O–H groups in total. The SMILES string of the molecule is CC(C)Cn1c(Nc2ccccc2F)nc2cnc(NCC3CC3)nc21. The normalized spacial score (nSPS) is 14.2. The lowest BCUT2D eigenvalue weighted by Crippen LogP contribution is -2.11. The molecule has 0 spiro atoms. The first-order valence-electron chi connectivity index (χ1n) is 9.09. The smallest absolute Gasteiger partial charge is 0.224 e. The third-order valence-corrected chi connectivity index (χ3v) is 4.40. The van der Waals surface area contributed by atoms with E-state index in [9.17, 15) is 4.39 Å². The molecule has 1 saturated carbocycles. The van der Waals surface area contributed by atoms with Crippen LogP contribution >= 0.6 is 0 Å². The van der Waals surface area contributed by atoms with Gasteiger partial charge in [0.2, 0.25) is 11.9 Å². The second kappa shape index (κ2) is 6.90. The van der Waals surface area contributed by atoms with E-state index in [4.69, 9.17) is 0 Å². The lowest BCUT2D eigenvalue weighted by atomic mass is 10.2. The molecule has 4 rings (SSSR count). The summed E-state index contributed by atoms with van der Waals surface area (Å²) in [4.78, 5) is 13.6. The van der Waals surface area contributed by atoms with Gasteiger partial charge in [-0.1, -0.05) is 26.0 Å². The quantitative estimate of drug-likeness (QED) is 0.666. The molecule has 0 aliphatic heterocycles. The van der Waals surface area contributed by atoms with Crippen LogP contribution in [0.15, 0.2) is 30.5 Å². The number of hydrogen-bond donors (Lipinski definition) is 2. The summed E-state index contributed by atoms with van der Waals surface area (Å²) in [6, 6.07) is 6.58. The second-order valence-corrected chi connectivity index (χ2v) is 7.27. The fourth-order valence-electron chi connectivity index (χ4n) is 2.88. The van der Waals surface area contributed by atoms with Gasteiger partial charge in [-0.05, 0) is 36.8 Å². The van der Waals surface area contributed by atoms with Crippen molar-refractivity contribution in [3.05, 3.63) is 36.3 Å². The lowest BCUT2D eigenvalue weighted by molar-refractivity contribution is 0.534. The molecule has 0 radical (unpaired) electrons. The number of aromatic nitrogens is 4. The highest BCUT2D eigenvalue weighted by molar-refractivity contribution is 5.76. The van der Waals surface area contributed by atoms with Gasteiger partial charge >= 0.3 is 0 Å². The molecule has 136 valence electrons. The molecule has 3 aromatic rings. The molecule has 0 atom stereocenters. The van der Waals surface area contributed by atoms with Crippen LogP contribution in [0.3, 0.4) is 0 Å². The van der Waals surface area contributed by atoms with Crippen LogP contribution in [0.4, 0.5) is 22.0 Å². The zero-order valence-electron chi connectivity index (χ0n) is 15.0. The van der Waals surface area contributed by atoms with Crippen molar-refractivity contribution in [3.63, 3.8) is 0 Å². The minimum absolute atomic E-state index is 0.312. The largest absolute Gasteiger partial charge is 0.354 e. The van der Waals surface area contributed by atoms with Crippen LogP contribution in [0, 0.1) is 17.7 Å². The van der Waals surface area contributed by atoms with Gasteiger partial charge in [0.15, 0.2) is 5.65 Å². The summed E-state index contributed by atoms with van der Waals surface area (Å²) < 4.78 is 16.0. The van der Waals surface area contributed by atoms with Gasteiger partial charge in [-0.3, -0.25) is 4.57 Å². The Morgan fingerprint density at radius 2 is 2.04 bits per heavy atom. The Labute approximate surface area is 151 Å². The van der Waals surface area contributed by atoms with Gasteiger partial charge in [0, 0.05) is 13.1 Å². The van der Waals surface area contributed by atoms with E-state index in [1.807, 2.05) is 4.57 Å². The molecule has 0 unspecified atom stereocenters. The predicted octanol–water partition coefficient (Wildman–Crippen LogP) is 4.19. The van der Waals surface area contributed by atoms with Crippen molar-refractivity contribution in [1.29, 1.82) is 0 Å². The molecule has 26 heavy (non-hydrogen) atoms. The average molecular weight is 354 g/mol. The van der Waals surface area contributed by atoms with Crippen molar-refractivity contribution in [2.24, 2.45) is 11.8 Å². The summed E-state index contributed by atoms with van der Waals surface area (Å²) in [5.41, 5.74) is 1.85. The molecule has 2 aromatic heterocycles. The number of fused-ring (bicyclic) bond motifs is 1. The van der Waals surface area contributed by atoms with Gasteiger partial charge in [0.1, 0.15) is 11.3 Å². The molecule has 1 aliphatic carbocycles. The highest BCUT2D eigenvalue weighted by Crippen LogP contribution is 2.29. The predicted molar refractivity (Wildman–Crippen MR) is 101 cm³/mol. The van der Waals surface area contributed by atoms with Gasteiger partial charge in [-0.25, -0.2) is 14.4 Å². The van der Waals surface area contributed by atoms with E-state index in [0.717, 1.165) is 24.7 Å². The zero-order valence-corrected chi connectivity index (χ0v) is 15.0. The van der Waals surface area contributed by atoms with Crippen molar-refractivity contribution >= 4 is 28.7 Å². The topological polar surface area (TPSA) is 67.7 Å². The van der Waals surface area contributed by atoms with E-state index in [1.54, 1.807) is 24.4 Å². The summed E-state index contributed by atoms with van der Waals surface area (Å²) in [5.74, 6) is 2.02. The van der Waals surface area contributed by atoms with Crippen molar-refractivity contribution in [2.45, 2.75) is 33.2 Å². The van der Waals surface area contributed by atoms with Crippen LogP contribution in [-0.4, -0.2) is 26.1 Å². The maximum absolute atomic E-state index is 14.0. The fourth-order valence-corrected chi connectivity index (χ4v) is 2.88. The maximum atomic E-state index is 14.0. The summed E-state index contributed by atoms with van der Waals surface area (Å²) in [6.45, 7) is 5.90. The molecule has 7 heteroatoms. The Hall–Kier alpha value is -2.70. The van der Waals surface area contributed by atoms with Crippen molar-refractivity contribution in [1.82, 2.24) is 19.5 Å². The first kappa shape index (κ1) is 16.8. The number of nitrogens with zero attached hydrogens (tertiary/aromatic N) is 4. The summed E-state index contributed by atoms with van der Waals surface area (Å²) >= 11 is 0. The molecule has 6 nitrogen and oxygen atoms in total. The summed E-state index contributed by atoms with van der Waals surface area (Å²) in [6.07, 6.45) is 4.27. The van der Waals surface area contributed by atoms with Gasteiger partial charge in [-0.15, -0.1) is 0 Å². The maximum Gasteiger partial charge on any atom is 0.224 e. The molecule has 0 amide bonds. The number of hydrogen-bond acceptors (Lipinski definition) is 5. The molecule has 2 heterocycles. The molecule has 1 fully saturated rings. The number of rotatable bonds is 7. The highest BCUT2D eigenvalue weighted by Gasteiger charge is 2.21. The number of nitrogens with one attached hydrogen (secondary N) is 2. The van der Waals surface area contributed by atoms with Crippen LogP contribution in [-0.2, 0) is 6.54 Å². The number of halogens is 1. The Bertz CT molecular complexity index is 916. The third-order valence-electron chi connectivity index (χ3n) is 4.40. The van der Waals surface area contributed by atoms with Gasteiger partial charge < -0.3 is 10.6 Å². The minimum atomic E-state index is -0.312. The van der Waals surface area contributed by atoms with E-state index in [2.05, 4.69) is 39.4 Å². The molecular formula is C19H23FN6. The first-order valence-corrected chi connectivity index (χ1v) is 9.09. The Kier molecular flexibility index (Phi) is 4.44. The van der Waals surface area contributed by atoms with E-state index in [-0.39, 0.29) is 5.82 Å². The van der Waals surface area contributed by atoms with Crippen molar-refractivity contribution in [2.75, 3.05) is 17.2 Å². The van der Waals surface area contributed by atoms with Crippen LogP contribution in [0.2, 0.25) is 0 Å². The summed E-state index contributed by atoms with van der Waals surface area (Å²) in [7, 11) is 0. The van der Waals surface area contributed by atoms with Crippen LogP contribution in [0.25, 0.3) is 11.2 Å². The number of anilines is 3. The monoisotopic (exact) mass is 354 g/mol. The summed E-state index contributed by atoms with van der Waals surface area (Å²) in [5, 5.41) is 6.41. The molecule has 0 saturated heterocycles. The first-order chi connectivity index (χ1) is 12.6. The van der Waals surface area contributed by atoms with E-state index in [1.165, 1.54) is 18.9 Å². The van der Waals surface area contributed by atoms with E-state index >= 15 is 0 Å². The van der Waals surface area contributed by atoms with E-state index in [0.29, 0.717) is 29.0 Å². The van der Waals surface area contributed by atoms with Crippen molar-refractivity contribution in [3.8, 4) is 0 Å². The number of para-hydroxylation sites is 1. The van der Waals surface area contributed by atoms with Gasteiger partial charge in [0.05, 0.1) is 11.9 Å². The van der Waals surface area contributed by atoms with Crippen LogP contribution in [0.1, 0.15) is 26.7 Å². The second-order valence-electron chi connectivity index (χ2n) is 7.27. The fraction of sp³-hybridized carbons (Fsp3) is 0.421. The molecule has 0 bridgehead atoms. The molecule has 1 aromatic carbocycles. The standard InChI is InChI=1S/C19H23FN6/c1-12(2)11-26-17-16(10-22-18(25-17)21-9-13-7-8-13)24-19(26)23-15-6-4-3-5-14(15)20/h3-6,10,12-13H,7-9,11H2,1-2H3,(H,23,24)(H,21,22,25). The van der Waals surface area contributed by atoms with Gasteiger partial charge in [0.25, 0.3) is 0 Å². The van der Waals surface area contributed by atoms with Crippen LogP contribution < -0.4 is 10.6 Å². The van der Waals surface area contributed by atoms with Crippen LogP contribution in [0.5, 0.6) is 0 Å². The Morgan fingerprint density at radius 1 is 1.23 bits per heavy atom. The highest BCUT2D eigenvalue weighted by atomic mass is 19.1. The van der Waals surface area contributed by atoms with E-state index < -0.39 is 0 Å². The minimum Gasteiger partial charge on any atom is -0.354 e. The van der Waals surface area contributed by atoms with Crippen molar-refractivity contribution < 1.29 is 4.39 Å². The lowest BCUT2D eigenvalue weighted by Gasteiger charge is -2.13. The average Bonchev–Trinajstić information content (AvgIpc) is 3.39. The Balaban J connectivity index is 1.69. The number of imidazole rings is 1.